The number of nitrogens with zero attached hydrogens (tertiary/aromatic N) is 1. The highest BCUT2D eigenvalue weighted by Gasteiger charge is 1.94. The molecule has 0 bridgehead atoms. The minimum atomic E-state index is 0.119. The van der Waals surface area contributed by atoms with Crippen molar-refractivity contribution in [1.82, 2.24) is 0 Å². The number of rotatable bonds is 5. The number of hydrogen-bond acceptors (Lipinski definition) is 4. The van der Waals surface area contributed by atoms with Gasteiger partial charge in [0.25, 0.3) is 0 Å². The van der Waals surface area contributed by atoms with Crippen LogP contribution in [0.5, 0.6) is 5.75 Å². The Morgan fingerprint density at radius 3 is 2.54 bits per heavy atom. The van der Waals surface area contributed by atoms with Crippen LogP contribution in [0.4, 0.5) is 5.69 Å². The average molecular weight is 181 g/mol. The molecule has 0 radical (unpaired) electrons. The maximum absolute atomic E-state index is 10.1. The molecule has 0 aliphatic carbocycles. The number of ether oxygens (including phenoxy) is 1. The van der Waals surface area contributed by atoms with Crippen LogP contribution in [-0.2, 0) is 0 Å². The van der Waals surface area contributed by atoms with E-state index in [0.29, 0.717) is 24.5 Å². The quantitative estimate of drug-likeness (QED) is 0.557. The number of nitroso groups, excluding NO2 is 1. The number of aliphatic hydroxyl groups excluding tert-OH is 1. The van der Waals surface area contributed by atoms with E-state index < -0.39 is 0 Å². The predicted octanol–water partition coefficient (Wildman–Crippen LogP) is 1.85. The second kappa shape index (κ2) is 5.27. The summed E-state index contributed by atoms with van der Waals surface area (Å²) in [4.78, 5) is 10.1. The van der Waals surface area contributed by atoms with Crippen LogP contribution in [0.3, 0.4) is 0 Å². The van der Waals surface area contributed by atoms with Crippen LogP contribution in [-0.4, -0.2) is 18.3 Å². The highest BCUT2D eigenvalue weighted by Crippen LogP contribution is 2.17. The van der Waals surface area contributed by atoms with Gasteiger partial charge < -0.3 is 9.84 Å². The topological polar surface area (TPSA) is 58.9 Å². The summed E-state index contributed by atoms with van der Waals surface area (Å²) in [5.74, 6) is 0.681. The lowest BCUT2D eigenvalue weighted by Crippen LogP contribution is -1.99. The van der Waals surface area contributed by atoms with Gasteiger partial charge >= 0.3 is 0 Å². The minimum Gasteiger partial charge on any atom is -0.494 e. The fraction of sp³-hybridized carbons (Fsp3) is 0.333. The maximum Gasteiger partial charge on any atom is 0.119 e. The first-order chi connectivity index (χ1) is 6.36. The molecule has 1 rings (SSSR count). The number of aliphatic hydroxyl groups is 1. The highest BCUT2D eigenvalue weighted by molar-refractivity contribution is 5.40. The van der Waals surface area contributed by atoms with Crippen LogP contribution in [0.1, 0.15) is 6.42 Å². The van der Waals surface area contributed by atoms with Gasteiger partial charge in [-0.2, -0.15) is 0 Å². The molecule has 0 unspecified atom stereocenters. The van der Waals surface area contributed by atoms with E-state index in [2.05, 4.69) is 5.18 Å². The second-order valence-electron chi connectivity index (χ2n) is 2.51. The minimum absolute atomic E-state index is 0.119. The summed E-state index contributed by atoms with van der Waals surface area (Å²) in [6.45, 7) is 0.596. The Balaban J connectivity index is 2.44. The predicted molar refractivity (Wildman–Crippen MR) is 49.1 cm³/mol. The summed E-state index contributed by atoms with van der Waals surface area (Å²) in [5, 5.41) is 11.3. The Bertz CT molecular complexity index is 258. The molecule has 1 N–H and O–H groups in total. The summed E-state index contributed by atoms with van der Waals surface area (Å²) >= 11 is 0. The van der Waals surface area contributed by atoms with Gasteiger partial charge in [0.1, 0.15) is 11.4 Å². The van der Waals surface area contributed by atoms with E-state index in [4.69, 9.17) is 9.84 Å². The average Bonchev–Trinajstić information content (AvgIpc) is 2.19. The van der Waals surface area contributed by atoms with Crippen molar-refractivity contribution < 1.29 is 9.84 Å². The maximum atomic E-state index is 10.1. The summed E-state index contributed by atoms with van der Waals surface area (Å²) in [7, 11) is 0. The van der Waals surface area contributed by atoms with Crippen molar-refractivity contribution in [1.29, 1.82) is 0 Å². The first-order valence-electron chi connectivity index (χ1n) is 4.04. The van der Waals surface area contributed by atoms with E-state index in [1.807, 2.05) is 0 Å². The van der Waals surface area contributed by atoms with Gasteiger partial charge in [-0.3, -0.25) is 0 Å². The molecule has 0 spiro atoms. The van der Waals surface area contributed by atoms with Crippen LogP contribution < -0.4 is 4.74 Å². The summed E-state index contributed by atoms with van der Waals surface area (Å²) < 4.78 is 5.24. The van der Waals surface area contributed by atoms with Gasteiger partial charge in [-0.1, -0.05) is 0 Å². The molecular formula is C9H11NO3. The van der Waals surface area contributed by atoms with Gasteiger partial charge in [0, 0.05) is 13.0 Å². The Morgan fingerprint density at radius 2 is 2.00 bits per heavy atom. The monoisotopic (exact) mass is 181 g/mol. The zero-order valence-electron chi connectivity index (χ0n) is 7.14. The third-order valence-corrected chi connectivity index (χ3v) is 1.51. The standard InChI is InChI=1S/C9H11NO3/c11-6-1-7-13-9-4-2-8(10-12)3-5-9/h2-5,11H,1,6-7H2. The molecule has 0 heterocycles. The Morgan fingerprint density at radius 1 is 1.31 bits per heavy atom. The van der Waals surface area contributed by atoms with E-state index >= 15 is 0 Å². The van der Waals surface area contributed by atoms with Crippen LogP contribution in [0, 0.1) is 4.91 Å². The zero-order valence-corrected chi connectivity index (χ0v) is 7.14. The molecule has 0 aliphatic heterocycles. The summed E-state index contributed by atoms with van der Waals surface area (Å²) in [6, 6.07) is 6.52. The molecular weight excluding hydrogens is 170 g/mol. The lowest BCUT2D eigenvalue weighted by molar-refractivity contribution is 0.233. The molecule has 0 fully saturated rings. The Hall–Kier alpha value is -1.42. The van der Waals surface area contributed by atoms with E-state index in [0.717, 1.165) is 0 Å². The van der Waals surface area contributed by atoms with Crippen LogP contribution in [0.25, 0.3) is 0 Å². The largest absolute Gasteiger partial charge is 0.494 e. The lowest BCUT2D eigenvalue weighted by Gasteiger charge is -2.03. The van der Waals surface area contributed by atoms with Crippen molar-refractivity contribution in [3.8, 4) is 5.75 Å². The van der Waals surface area contributed by atoms with Crippen molar-refractivity contribution in [3.63, 3.8) is 0 Å². The summed E-state index contributed by atoms with van der Waals surface area (Å²) in [5.41, 5.74) is 0.384. The van der Waals surface area contributed by atoms with Crippen molar-refractivity contribution in [3.05, 3.63) is 29.2 Å². The van der Waals surface area contributed by atoms with Gasteiger partial charge in [-0.05, 0) is 29.4 Å². The molecule has 0 amide bonds. The third kappa shape index (κ3) is 3.21. The first kappa shape index (κ1) is 9.67. The molecule has 4 nitrogen and oxygen atoms in total. The molecule has 1 aromatic carbocycles. The number of hydrogen-bond donors (Lipinski definition) is 1. The molecule has 4 heteroatoms. The summed E-state index contributed by atoms with van der Waals surface area (Å²) in [6.07, 6.45) is 0.605. The molecule has 13 heavy (non-hydrogen) atoms. The Kier molecular flexibility index (Phi) is 3.92. The smallest absolute Gasteiger partial charge is 0.119 e. The van der Waals surface area contributed by atoms with Gasteiger partial charge in [-0.25, -0.2) is 0 Å². The fourth-order valence-electron chi connectivity index (χ4n) is 0.858. The second-order valence-corrected chi connectivity index (χ2v) is 2.51. The molecule has 1 aromatic rings. The molecule has 0 saturated carbocycles. The highest BCUT2D eigenvalue weighted by atomic mass is 16.5. The van der Waals surface area contributed by atoms with Crippen molar-refractivity contribution in [2.75, 3.05) is 13.2 Å². The van der Waals surface area contributed by atoms with Crippen LogP contribution in [0.15, 0.2) is 29.4 Å². The first-order valence-corrected chi connectivity index (χ1v) is 4.04. The van der Waals surface area contributed by atoms with E-state index in [-0.39, 0.29) is 6.61 Å². The van der Waals surface area contributed by atoms with E-state index in [1.165, 1.54) is 0 Å². The molecule has 0 saturated heterocycles. The van der Waals surface area contributed by atoms with Gasteiger partial charge in [0.15, 0.2) is 0 Å². The SMILES string of the molecule is O=Nc1ccc(OCCCO)cc1. The van der Waals surface area contributed by atoms with Crippen molar-refractivity contribution in [2.45, 2.75) is 6.42 Å². The van der Waals surface area contributed by atoms with Gasteiger partial charge in [0.05, 0.1) is 6.61 Å². The molecule has 70 valence electrons. The zero-order chi connectivity index (χ0) is 9.52. The van der Waals surface area contributed by atoms with Gasteiger partial charge in [0.2, 0.25) is 0 Å². The molecule has 0 aromatic heterocycles. The number of benzene rings is 1. The Labute approximate surface area is 76.1 Å². The van der Waals surface area contributed by atoms with Crippen molar-refractivity contribution >= 4 is 5.69 Å². The van der Waals surface area contributed by atoms with E-state index in [9.17, 15) is 4.91 Å². The van der Waals surface area contributed by atoms with Gasteiger partial charge in [-0.15, -0.1) is 4.91 Å². The molecule has 0 atom stereocenters. The normalized spacial score (nSPS) is 9.62. The van der Waals surface area contributed by atoms with Crippen molar-refractivity contribution in [2.24, 2.45) is 5.18 Å². The third-order valence-electron chi connectivity index (χ3n) is 1.51. The van der Waals surface area contributed by atoms with Crippen LogP contribution >= 0.6 is 0 Å². The fourth-order valence-corrected chi connectivity index (χ4v) is 0.858. The van der Waals surface area contributed by atoms with Crippen LogP contribution in [0.2, 0.25) is 0 Å². The molecule has 0 aliphatic rings. The lowest BCUT2D eigenvalue weighted by atomic mass is 10.3. The van der Waals surface area contributed by atoms with E-state index in [1.54, 1.807) is 24.3 Å².